The van der Waals surface area contributed by atoms with E-state index in [2.05, 4.69) is 15.3 Å². The van der Waals surface area contributed by atoms with Crippen molar-refractivity contribution in [2.75, 3.05) is 5.32 Å². The highest BCUT2D eigenvalue weighted by atomic mass is 16.2. The number of aromatic nitrogens is 5. The van der Waals surface area contributed by atoms with E-state index in [0.29, 0.717) is 12.4 Å². The Bertz CT molecular complexity index is 1440. The van der Waals surface area contributed by atoms with Gasteiger partial charge < -0.3 is 9.88 Å². The second-order valence-corrected chi connectivity index (χ2v) is 6.64. The molecule has 0 bridgehead atoms. The number of nitrogens with one attached hydrogen (secondary N) is 2. The maximum absolute atomic E-state index is 12.4. The molecule has 0 aliphatic carbocycles. The molecular formula is C21H16N6O2. The molecule has 0 saturated heterocycles. The predicted octanol–water partition coefficient (Wildman–Crippen LogP) is 2.85. The summed E-state index contributed by atoms with van der Waals surface area (Å²) in [7, 11) is 0. The highest BCUT2D eigenvalue weighted by Crippen LogP contribution is 2.28. The normalized spacial score (nSPS) is 11.3. The number of H-pyrrole nitrogens is 1. The quantitative estimate of drug-likeness (QED) is 0.496. The fourth-order valence-electron chi connectivity index (χ4n) is 3.48. The lowest BCUT2D eigenvalue weighted by atomic mass is 10.2. The van der Waals surface area contributed by atoms with Crippen LogP contribution in [0.1, 0.15) is 6.42 Å². The number of fused-ring (bicyclic) bond motifs is 4. The molecule has 8 nitrogen and oxygen atoms in total. The van der Waals surface area contributed by atoms with Crippen molar-refractivity contribution in [2.24, 2.45) is 0 Å². The number of aromatic amines is 1. The van der Waals surface area contributed by atoms with Gasteiger partial charge in [0, 0.05) is 24.5 Å². The van der Waals surface area contributed by atoms with Crippen molar-refractivity contribution >= 4 is 44.8 Å². The number of para-hydroxylation sites is 3. The minimum Gasteiger partial charge on any atom is -0.323 e. The summed E-state index contributed by atoms with van der Waals surface area (Å²) in [4.78, 5) is 39.3. The fourth-order valence-corrected chi connectivity index (χ4v) is 3.48. The number of anilines is 1. The third kappa shape index (κ3) is 3.10. The van der Waals surface area contributed by atoms with Crippen LogP contribution in [0, 0.1) is 0 Å². The maximum Gasteiger partial charge on any atom is 0.346 e. The van der Waals surface area contributed by atoms with Gasteiger partial charge in [0.2, 0.25) is 5.91 Å². The zero-order chi connectivity index (χ0) is 19.8. The van der Waals surface area contributed by atoms with Crippen LogP contribution in [0.5, 0.6) is 0 Å². The van der Waals surface area contributed by atoms with Crippen LogP contribution >= 0.6 is 0 Å². The number of nitrogens with zero attached hydrogens (tertiary/aromatic N) is 4. The van der Waals surface area contributed by atoms with Gasteiger partial charge in [-0.15, -0.1) is 0 Å². The largest absolute Gasteiger partial charge is 0.346 e. The summed E-state index contributed by atoms with van der Waals surface area (Å²) in [5.41, 5.74) is 3.67. The molecule has 142 valence electrons. The number of carbonyl (C=O) groups excluding carboxylic acids is 1. The molecule has 0 aliphatic heterocycles. The van der Waals surface area contributed by atoms with E-state index < -0.39 is 5.69 Å². The van der Waals surface area contributed by atoms with Gasteiger partial charge in [0.25, 0.3) is 0 Å². The van der Waals surface area contributed by atoms with Crippen LogP contribution in [0.3, 0.4) is 0 Å². The third-order valence-corrected chi connectivity index (χ3v) is 4.77. The summed E-state index contributed by atoms with van der Waals surface area (Å²) in [6.45, 7) is 0.429. The standard InChI is InChI=1S/C21H16N6O2/c28-18(25-17-9-11-22-21(29)26-17)10-12-27-16-8-4-1-5-13(16)19-20(27)24-15-7-3-2-6-14(15)23-19/h1-9,11H,10,12H2,(H2,22,25,26,28,29). The molecule has 5 aromatic rings. The topological polar surface area (TPSA) is 106 Å². The van der Waals surface area contributed by atoms with Crippen molar-refractivity contribution < 1.29 is 4.79 Å². The average molecular weight is 384 g/mol. The van der Waals surface area contributed by atoms with Crippen LogP contribution in [0.25, 0.3) is 33.1 Å². The van der Waals surface area contributed by atoms with Crippen LogP contribution in [0.4, 0.5) is 5.82 Å². The lowest BCUT2D eigenvalue weighted by Gasteiger charge is -2.08. The first kappa shape index (κ1) is 17.1. The van der Waals surface area contributed by atoms with E-state index in [1.807, 2.05) is 53.1 Å². The molecule has 5 rings (SSSR count). The van der Waals surface area contributed by atoms with Gasteiger partial charge in [0.05, 0.1) is 16.6 Å². The summed E-state index contributed by atoms with van der Waals surface area (Å²) < 4.78 is 2.01. The Kier molecular flexibility index (Phi) is 4.02. The van der Waals surface area contributed by atoms with Crippen LogP contribution in [0.15, 0.2) is 65.6 Å². The lowest BCUT2D eigenvalue weighted by molar-refractivity contribution is -0.116. The number of hydrogen-bond donors (Lipinski definition) is 2. The molecule has 0 unspecified atom stereocenters. The molecule has 0 aliphatic rings. The number of aryl methyl sites for hydroxylation is 1. The Balaban J connectivity index is 1.52. The average Bonchev–Trinajstić information content (AvgIpc) is 3.03. The SMILES string of the molecule is O=C(CCn1c2ccccc2c2nc3ccccc3nc21)Nc1ccnc(=O)[nH]1. The smallest absolute Gasteiger partial charge is 0.323 e. The van der Waals surface area contributed by atoms with Gasteiger partial charge in [-0.05, 0) is 24.3 Å². The van der Waals surface area contributed by atoms with Crippen LogP contribution in [0.2, 0.25) is 0 Å². The number of benzene rings is 2. The molecule has 0 radical (unpaired) electrons. The van der Waals surface area contributed by atoms with E-state index in [-0.39, 0.29) is 12.3 Å². The molecule has 3 heterocycles. The van der Waals surface area contributed by atoms with Crippen molar-refractivity contribution in [1.29, 1.82) is 0 Å². The Morgan fingerprint density at radius 1 is 1.00 bits per heavy atom. The van der Waals surface area contributed by atoms with Crippen LogP contribution < -0.4 is 11.0 Å². The summed E-state index contributed by atoms with van der Waals surface area (Å²) >= 11 is 0. The highest BCUT2D eigenvalue weighted by molar-refractivity contribution is 6.06. The van der Waals surface area contributed by atoms with Gasteiger partial charge in [-0.2, -0.15) is 0 Å². The fraction of sp³-hybridized carbons (Fsp3) is 0.0952. The van der Waals surface area contributed by atoms with E-state index >= 15 is 0 Å². The van der Waals surface area contributed by atoms with Gasteiger partial charge in [0.1, 0.15) is 11.3 Å². The summed E-state index contributed by atoms with van der Waals surface area (Å²) in [5, 5.41) is 3.69. The first-order valence-corrected chi connectivity index (χ1v) is 9.18. The van der Waals surface area contributed by atoms with Crippen molar-refractivity contribution in [3.8, 4) is 0 Å². The lowest BCUT2D eigenvalue weighted by Crippen LogP contribution is -2.18. The third-order valence-electron chi connectivity index (χ3n) is 4.77. The zero-order valence-corrected chi connectivity index (χ0v) is 15.3. The molecule has 0 spiro atoms. The molecule has 0 saturated carbocycles. The second kappa shape index (κ2) is 6.83. The molecule has 0 atom stereocenters. The van der Waals surface area contributed by atoms with Crippen molar-refractivity contribution in [1.82, 2.24) is 24.5 Å². The number of amides is 1. The first-order chi connectivity index (χ1) is 14.2. The Morgan fingerprint density at radius 3 is 2.59 bits per heavy atom. The molecule has 8 heteroatoms. The van der Waals surface area contributed by atoms with E-state index in [4.69, 9.17) is 9.97 Å². The summed E-state index contributed by atoms with van der Waals surface area (Å²) in [6.07, 6.45) is 1.56. The van der Waals surface area contributed by atoms with E-state index in [1.165, 1.54) is 12.3 Å². The van der Waals surface area contributed by atoms with Crippen LogP contribution in [-0.4, -0.2) is 30.4 Å². The van der Waals surface area contributed by atoms with Gasteiger partial charge >= 0.3 is 5.69 Å². The maximum atomic E-state index is 12.4. The molecule has 1 amide bonds. The molecular weight excluding hydrogens is 368 g/mol. The zero-order valence-electron chi connectivity index (χ0n) is 15.3. The van der Waals surface area contributed by atoms with Gasteiger partial charge in [-0.3, -0.25) is 9.78 Å². The molecule has 2 N–H and O–H groups in total. The highest BCUT2D eigenvalue weighted by Gasteiger charge is 2.15. The number of hydrogen-bond acceptors (Lipinski definition) is 5. The second-order valence-electron chi connectivity index (χ2n) is 6.64. The van der Waals surface area contributed by atoms with E-state index in [0.717, 1.165) is 33.1 Å². The van der Waals surface area contributed by atoms with Crippen LogP contribution in [-0.2, 0) is 11.3 Å². The summed E-state index contributed by atoms with van der Waals surface area (Å²) in [5.74, 6) is 0.106. The Hall–Kier alpha value is -4.07. The predicted molar refractivity (Wildman–Crippen MR) is 111 cm³/mol. The summed E-state index contributed by atoms with van der Waals surface area (Å²) in [6, 6.07) is 17.2. The molecule has 0 fully saturated rings. The molecule has 29 heavy (non-hydrogen) atoms. The van der Waals surface area contributed by atoms with Gasteiger partial charge in [0.15, 0.2) is 5.65 Å². The van der Waals surface area contributed by atoms with Gasteiger partial charge in [-0.1, -0.05) is 30.3 Å². The van der Waals surface area contributed by atoms with E-state index in [1.54, 1.807) is 0 Å². The minimum absolute atomic E-state index is 0.215. The number of carbonyl (C=O) groups is 1. The molecule has 3 aromatic heterocycles. The van der Waals surface area contributed by atoms with Crippen molar-refractivity contribution in [3.63, 3.8) is 0 Å². The molecule has 2 aromatic carbocycles. The van der Waals surface area contributed by atoms with Gasteiger partial charge in [-0.25, -0.2) is 19.7 Å². The number of rotatable bonds is 4. The Morgan fingerprint density at radius 2 is 1.76 bits per heavy atom. The minimum atomic E-state index is -0.507. The van der Waals surface area contributed by atoms with Crippen molar-refractivity contribution in [2.45, 2.75) is 13.0 Å². The first-order valence-electron chi connectivity index (χ1n) is 9.18. The Labute approximate surface area is 164 Å². The monoisotopic (exact) mass is 384 g/mol. The van der Waals surface area contributed by atoms with E-state index in [9.17, 15) is 9.59 Å². The van der Waals surface area contributed by atoms with Crippen molar-refractivity contribution in [3.05, 3.63) is 71.3 Å².